The number of hydrogen-bond donors (Lipinski definition) is 2. The molecule has 0 aromatic heterocycles. The zero-order chi connectivity index (χ0) is 22.9. The van der Waals surface area contributed by atoms with Crippen molar-refractivity contribution in [2.75, 3.05) is 39.2 Å². The van der Waals surface area contributed by atoms with Gasteiger partial charge in [0.1, 0.15) is 5.82 Å². The van der Waals surface area contributed by atoms with E-state index in [4.69, 9.17) is 9.47 Å². The van der Waals surface area contributed by atoms with Gasteiger partial charge in [-0.15, -0.1) is 0 Å². The van der Waals surface area contributed by atoms with E-state index in [2.05, 4.69) is 10.6 Å². The molecule has 32 heavy (non-hydrogen) atoms. The lowest BCUT2D eigenvalue weighted by Crippen LogP contribution is -2.44. The van der Waals surface area contributed by atoms with Gasteiger partial charge in [0.2, 0.25) is 5.91 Å². The second kappa shape index (κ2) is 11.4. The Balaban J connectivity index is 1.44. The number of rotatable bonds is 8. The molecule has 3 rings (SSSR count). The first kappa shape index (κ1) is 23.4. The van der Waals surface area contributed by atoms with Gasteiger partial charge in [-0.25, -0.2) is 9.18 Å². The Hall–Kier alpha value is -3.29. The van der Waals surface area contributed by atoms with Crippen LogP contribution >= 0.6 is 0 Å². The molecule has 1 unspecified atom stereocenters. The number of likely N-dealkylation sites (tertiary alicyclic amines) is 1. The van der Waals surface area contributed by atoms with Gasteiger partial charge in [0.05, 0.1) is 14.2 Å². The number of benzene rings is 2. The molecule has 1 heterocycles. The van der Waals surface area contributed by atoms with Crippen molar-refractivity contribution in [3.8, 4) is 11.5 Å². The van der Waals surface area contributed by atoms with Gasteiger partial charge < -0.3 is 25.0 Å². The number of methoxy groups -OCH3 is 2. The molecule has 2 aromatic carbocycles. The second-order valence-electron chi connectivity index (χ2n) is 7.88. The summed E-state index contributed by atoms with van der Waals surface area (Å²) >= 11 is 0. The van der Waals surface area contributed by atoms with Crippen molar-refractivity contribution in [1.29, 1.82) is 0 Å². The van der Waals surface area contributed by atoms with Crippen molar-refractivity contribution in [3.63, 3.8) is 0 Å². The van der Waals surface area contributed by atoms with Crippen LogP contribution in [0.4, 0.5) is 14.9 Å². The minimum absolute atomic E-state index is 0.105. The predicted molar refractivity (Wildman–Crippen MR) is 121 cm³/mol. The minimum atomic E-state index is -0.405. The number of halogens is 1. The summed E-state index contributed by atoms with van der Waals surface area (Å²) < 4.78 is 23.8. The van der Waals surface area contributed by atoms with Crippen LogP contribution in [0.5, 0.6) is 11.5 Å². The Labute approximate surface area is 187 Å². The Kier molecular flexibility index (Phi) is 8.30. The van der Waals surface area contributed by atoms with E-state index in [1.165, 1.54) is 18.2 Å². The van der Waals surface area contributed by atoms with Gasteiger partial charge in [-0.2, -0.15) is 0 Å². The maximum atomic E-state index is 13.2. The summed E-state index contributed by atoms with van der Waals surface area (Å²) in [5, 5.41) is 5.45. The summed E-state index contributed by atoms with van der Waals surface area (Å²) in [7, 11) is 3.18. The SMILES string of the molecule is COc1ccc(CCC(=O)N2CCCC(CNC(=O)Nc3cccc(F)c3)C2)cc1OC. The highest BCUT2D eigenvalue weighted by Crippen LogP contribution is 2.28. The van der Waals surface area contributed by atoms with E-state index in [0.717, 1.165) is 24.9 Å². The van der Waals surface area contributed by atoms with E-state index in [1.54, 1.807) is 20.3 Å². The topological polar surface area (TPSA) is 79.9 Å². The third-order valence-electron chi connectivity index (χ3n) is 5.58. The molecular formula is C24H30FN3O4. The fourth-order valence-corrected chi connectivity index (χ4v) is 3.88. The van der Waals surface area contributed by atoms with Gasteiger partial charge in [0.15, 0.2) is 11.5 Å². The molecule has 1 saturated heterocycles. The van der Waals surface area contributed by atoms with Crippen LogP contribution in [0, 0.1) is 11.7 Å². The van der Waals surface area contributed by atoms with E-state index >= 15 is 0 Å². The average molecular weight is 444 g/mol. The van der Waals surface area contributed by atoms with Crippen molar-refractivity contribution in [2.45, 2.75) is 25.7 Å². The Bertz CT molecular complexity index is 937. The highest BCUT2D eigenvalue weighted by atomic mass is 19.1. The standard InChI is InChI=1S/C24H30FN3O4/c1-31-21-10-8-17(13-22(21)32-2)9-11-23(29)28-12-4-5-18(16-28)15-26-24(30)27-20-7-3-6-19(25)14-20/h3,6-8,10,13-14,18H,4-5,9,11-12,15-16H2,1-2H3,(H2,26,27,30). The lowest BCUT2D eigenvalue weighted by molar-refractivity contribution is -0.132. The van der Waals surface area contributed by atoms with Gasteiger partial charge in [-0.3, -0.25) is 4.79 Å². The van der Waals surface area contributed by atoms with Crippen LogP contribution in [0.15, 0.2) is 42.5 Å². The van der Waals surface area contributed by atoms with Gasteiger partial charge >= 0.3 is 6.03 Å². The molecule has 0 radical (unpaired) electrons. The first-order valence-corrected chi connectivity index (χ1v) is 10.8. The summed E-state index contributed by atoms with van der Waals surface area (Å²) in [6.45, 7) is 1.81. The second-order valence-corrected chi connectivity index (χ2v) is 7.88. The molecule has 0 aliphatic carbocycles. The van der Waals surface area contributed by atoms with Crippen molar-refractivity contribution in [3.05, 3.63) is 53.8 Å². The molecule has 2 N–H and O–H groups in total. The number of urea groups is 1. The molecule has 2 aromatic rings. The highest BCUT2D eigenvalue weighted by molar-refractivity contribution is 5.89. The summed E-state index contributed by atoms with van der Waals surface area (Å²) in [6, 6.07) is 11.0. The van der Waals surface area contributed by atoms with E-state index in [9.17, 15) is 14.0 Å². The monoisotopic (exact) mass is 443 g/mol. The Morgan fingerprint density at radius 2 is 1.94 bits per heavy atom. The molecule has 0 saturated carbocycles. The molecule has 1 aliphatic rings. The van der Waals surface area contributed by atoms with Gasteiger partial charge in [0, 0.05) is 31.7 Å². The fraction of sp³-hybridized carbons (Fsp3) is 0.417. The number of anilines is 1. The molecule has 7 nitrogen and oxygen atoms in total. The summed E-state index contributed by atoms with van der Waals surface area (Å²) in [5.74, 6) is 1.20. The number of piperidine rings is 1. The number of carbonyl (C=O) groups excluding carboxylic acids is 2. The maximum Gasteiger partial charge on any atom is 0.319 e. The summed E-state index contributed by atoms with van der Waals surface area (Å²) in [5.41, 5.74) is 1.42. The third kappa shape index (κ3) is 6.60. The predicted octanol–water partition coefficient (Wildman–Crippen LogP) is 3.84. The van der Waals surface area contributed by atoms with E-state index in [-0.39, 0.29) is 17.9 Å². The number of nitrogens with zero attached hydrogens (tertiary/aromatic N) is 1. The number of hydrogen-bond acceptors (Lipinski definition) is 4. The lowest BCUT2D eigenvalue weighted by Gasteiger charge is -2.33. The molecule has 8 heteroatoms. The fourth-order valence-electron chi connectivity index (χ4n) is 3.88. The number of nitrogens with one attached hydrogen (secondary N) is 2. The molecule has 1 aliphatic heterocycles. The van der Waals surface area contributed by atoms with E-state index < -0.39 is 5.82 Å². The molecule has 3 amide bonds. The van der Waals surface area contributed by atoms with Crippen LogP contribution in [0.25, 0.3) is 0 Å². The van der Waals surface area contributed by atoms with Crippen LogP contribution in [0.3, 0.4) is 0 Å². The van der Waals surface area contributed by atoms with Crippen LogP contribution in [-0.2, 0) is 11.2 Å². The largest absolute Gasteiger partial charge is 0.493 e. The minimum Gasteiger partial charge on any atom is -0.493 e. The highest BCUT2D eigenvalue weighted by Gasteiger charge is 2.24. The van der Waals surface area contributed by atoms with Crippen molar-refractivity contribution in [1.82, 2.24) is 10.2 Å². The van der Waals surface area contributed by atoms with Gasteiger partial charge in [0.25, 0.3) is 0 Å². The van der Waals surface area contributed by atoms with Crippen LogP contribution in [-0.4, -0.2) is 50.7 Å². The normalized spacial score (nSPS) is 15.7. The first-order valence-electron chi connectivity index (χ1n) is 10.8. The van der Waals surface area contributed by atoms with E-state index in [0.29, 0.717) is 43.1 Å². The lowest BCUT2D eigenvalue weighted by atomic mass is 9.97. The Morgan fingerprint density at radius 1 is 1.12 bits per heavy atom. The zero-order valence-corrected chi connectivity index (χ0v) is 18.5. The van der Waals surface area contributed by atoms with Crippen molar-refractivity contribution >= 4 is 17.6 Å². The summed E-state index contributed by atoms with van der Waals surface area (Å²) in [4.78, 5) is 26.7. The van der Waals surface area contributed by atoms with E-state index in [1.807, 2.05) is 23.1 Å². The van der Waals surface area contributed by atoms with Crippen LogP contribution in [0.2, 0.25) is 0 Å². The average Bonchev–Trinajstić information content (AvgIpc) is 2.81. The maximum absolute atomic E-state index is 13.2. The van der Waals surface area contributed by atoms with Crippen molar-refractivity contribution < 1.29 is 23.5 Å². The van der Waals surface area contributed by atoms with Crippen molar-refractivity contribution in [2.24, 2.45) is 5.92 Å². The third-order valence-corrected chi connectivity index (χ3v) is 5.58. The first-order chi connectivity index (χ1) is 15.5. The smallest absolute Gasteiger partial charge is 0.319 e. The van der Waals surface area contributed by atoms with Crippen LogP contribution in [0.1, 0.15) is 24.8 Å². The Morgan fingerprint density at radius 3 is 2.69 bits per heavy atom. The summed E-state index contributed by atoms with van der Waals surface area (Å²) in [6.07, 6.45) is 2.88. The number of amides is 3. The molecule has 1 atom stereocenters. The molecule has 0 bridgehead atoms. The quantitative estimate of drug-likeness (QED) is 0.650. The number of ether oxygens (including phenoxy) is 2. The molecule has 1 fully saturated rings. The van der Waals surface area contributed by atoms with Crippen LogP contribution < -0.4 is 20.1 Å². The zero-order valence-electron chi connectivity index (χ0n) is 18.5. The molecule has 172 valence electrons. The molecule has 0 spiro atoms. The van der Waals surface area contributed by atoms with Gasteiger partial charge in [-0.1, -0.05) is 12.1 Å². The number of carbonyl (C=O) groups is 2. The van der Waals surface area contributed by atoms with Gasteiger partial charge in [-0.05, 0) is 61.1 Å². The number of aryl methyl sites for hydroxylation is 1. The molecular weight excluding hydrogens is 413 g/mol.